The van der Waals surface area contributed by atoms with Gasteiger partial charge in [0.05, 0.1) is 6.10 Å². The van der Waals surface area contributed by atoms with Gasteiger partial charge in [0.15, 0.2) is 0 Å². The second-order valence-corrected chi connectivity index (χ2v) is 6.59. The molecule has 0 heterocycles. The van der Waals surface area contributed by atoms with E-state index in [-0.39, 0.29) is 0 Å². The third-order valence-corrected chi connectivity index (χ3v) is 4.24. The fraction of sp³-hybridized carbons (Fsp3) is 0.217. The van der Waals surface area contributed by atoms with E-state index < -0.39 is 12.1 Å². The first-order chi connectivity index (χ1) is 13.1. The van der Waals surface area contributed by atoms with Crippen molar-refractivity contribution in [3.05, 3.63) is 95.6 Å². The molecular formula is C23H25NO3. The van der Waals surface area contributed by atoms with Crippen LogP contribution in [-0.4, -0.2) is 11.1 Å². The fourth-order valence-corrected chi connectivity index (χ4v) is 2.72. The van der Waals surface area contributed by atoms with Crippen LogP contribution >= 0.6 is 0 Å². The SMILES string of the molecule is CC(N)C(O)c1cc(OCc2ccccc2)cc(OCc2ccccc2)c1. The zero-order valence-electron chi connectivity index (χ0n) is 15.4. The van der Waals surface area contributed by atoms with Gasteiger partial charge in [0.2, 0.25) is 0 Å². The maximum absolute atomic E-state index is 10.4. The molecule has 0 aliphatic carbocycles. The summed E-state index contributed by atoms with van der Waals surface area (Å²) in [5.74, 6) is 1.28. The molecule has 140 valence electrons. The maximum atomic E-state index is 10.4. The van der Waals surface area contributed by atoms with Crippen LogP contribution in [0.2, 0.25) is 0 Å². The lowest BCUT2D eigenvalue weighted by atomic mass is 10.0. The van der Waals surface area contributed by atoms with E-state index >= 15 is 0 Å². The topological polar surface area (TPSA) is 64.7 Å². The van der Waals surface area contributed by atoms with E-state index in [0.29, 0.717) is 30.3 Å². The van der Waals surface area contributed by atoms with Gasteiger partial charge in [0.1, 0.15) is 24.7 Å². The molecule has 27 heavy (non-hydrogen) atoms. The van der Waals surface area contributed by atoms with Crippen molar-refractivity contribution in [1.29, 1.82) is 0 Å². The van der Waals surface area contributed by atoms with Crippen molar-refractivity contribution in [1.82, 2.24) is 0 Å². The molecule has 0 aliphatic heterocycles. The lowest BCUT2D eigenvalue weighted by molar-refractivity contribution is 0.152. The molecule has 0 aliphatic rings. The van der Waals surface area contributed by atoms with E-state index in [2.05, 4.69) is 0 Å². The number of aliphatic hydroxyl groups is 1. The van der Waals surface area contributed by atoms with Crippen molar-refractivity contribution in [3.63, 3.8) is 0 Å². The number of hydrogen-bond acceptors (Lipinski definition) is 4. The van der Waals surface area contributed by atoms with Crippen LogP contribution in [0.1, 0.15) is 29.7 Å². The second kappa shape index (κ2) is 9.21. The van der Waals surface area contributed by atoms with Gasteiger partial charge in [-0.2, -0.15) is 0 Å². The molecule has 0 fully saturated rings. The fourth-order valence-electron chi connectivity index (χ4n) is 2.72. The molecule has 2 atom stereocenters. The van der Waals surface area contributed by atoms with Crippen molar-refractivity contribution in [2.75, 3.05) is 0 Å². The highest BCUT2D eigenvalue weighted by atomic mass is 16.5. The van der Waals surface area contributed by atoms with Crippen LogP contribution < -0.4 is 15.2 Å². The number of hydrogen-bond donors (Lipinski definition) is 2. The van der Waals surface area contributed by atoms with Crippen LogP contribution in [0.5, 0.6) is 11.5 Å². The van der Waals surface area contributed by atoms with Crippen molar-refractivity contribution < 1.29 is 14.6 Å². The van der Waals surface area contributed by atoms with Crippen LogP contribution in [-0.2, 0) is 13.2 Å². The Morgan fingerprint density at radius 1 is 0.778 bits per heavy atom. The summed E-state index contributed by atoms with van der Waals surface area (Å²) < 4.78 is 11.8. The summed E-state index contributed by atoms with van der Waals surface area (Å²) in [6.45, 7) is 2.65. The molecule has 2 unspecified atom stereocenters. The lowest BCUT2D eigenvalue weighted by Gasteiger charge is -2.18. The summed E-state index contributed by atoms with van der Waals surface area (Å²) in [5.41, 5.74) is 8.69. The van der Waals surface area contributed by atoms with E-state index in [0.717, 1.165) is 11.1 Å². The molecule has 0 amide bonds. The van der Waals surface area contributed by atoms with E-state index in [1.165, 1.54) is 0 Å². The van der Waals surface area contributed by atoms with E-state index in [1.54, 1.807) is 6.92 Å². The van der Waals surface area contributed by atoms with Gasteiger partial charge < -0.3 is 20.3 Å². The number of ether oxygens (including phenoxy) is 2. The largest absolute Gasteiger partial charge is 0.489 e. The van der Waals surface area contributed by atoms with E-state index in [1.807, 2.05) is 78.9 Å². The van der Waals surface area contributed by atoms with Crippen LogP contribution in [0.3, 0.4) is 0 Å². The molecule has 0 saturated carbocycles. The van der Waals surface area contributed by atoms with E-state index in [9.17, 15) is 5.11 Å². The summed E-state index contributed by atoms with van der Waals surface area (Å²) in [6.07, 6.45) is -0.788. The smallest absolute Gasteiger partial charge is 0.123 e. The molecular weight excluding hydrogens is 338 g/mol. The first kappa shape index (κ1) is 19.0. The molecule has 0 saturated heterocycles. The highest BCUT2D eigenvalue weighted by Crippen LogP contribution is 2.29. The zero-order valence-corrected chi connectivity index (χ0v) is 15.4. The van der Waals surface area contributed by atoms with Crippen LogP contribution in [0.4, 0.5) is 0 Å². The Bertz CT molecular complexity index is 773. The second-order valence-electron chi connectivity index (χ2n) is 6.59. The third kappa shape index (κ3) is 5.58. The van der Waals surface area contributed by atoms with Gasteiger partial charge in [-0.1, -0.05) is 60.7 Å². The third-order valence-electron chi connectivity index (χ3n) is 4.24. The van der Waals surface area contributed by atoms with Gasteiger partial charge in [0, 0.05) is 12.1 Å². The standard InChI is InChI=1S/C23H25NO3/c1-17(24)23(25)20-12-21(26-15-18-8-4-2-5-9-18)14-22(13-20)27-16-19-10-6-3-7-11-19/h2-14,17,23,25H,15-16,24H2,1H3. The minimum atomic E-state index is -0.788. The first-order valence-corrected chi connectivity index (χ1v) is 9.04. The van der Waals surface area contributed by atoms with Gasteiger partial charge in [-0.3, -0.25) is 0 Å². The summed E-state index contributed by atoms with van der Waals surface area (Å²) in [7, 11) is 0. The number of nitrogens with two attached hydrogens (primary N) is 1. The van der Waals surface area contributed by atoms with Gasteiger partial charge in [-0.25, -0.2) is 0 Å². The molecule has 3 N–H and O–H groups in total. The average molecular weight is 363 g/mol. The molecule has 4 nitrogen and oxygen atoms in total. The monoisotopic (exact) mass is 363 g/mol. The lowest BCUT2D eigenvalue weighted by Crippen LogP contribution is -2.24. The minimum absolute atomic E-state index is 0.392. The Morgan fingerprint density at radius 2 is 1.22 bits per heavy atom. The van der Waals surface area contributed by atoms with Crippen LogP contribution in [0.25, 0.3) is 0 Å². The minimum Gasteiger partial charge on any atom is -0.489 e. The highest BCUT2D eigenvalue weighted by molar-refractivity contribution is 5.40. The molecule has 0 aromatic heterocycles. The predicted molar refractivity (Wildman–Crippen MR) is 107 cm³/mol. The van der Waals surface area contributed by atoms with Crippen LogP contribution in [0, 0.1) is 0 Å². The zero-order chi connectivity index (χ0) is 19.1. The average Bonchev–Trinajstić information content (AvgIpc) is 2.71. The molecule has 3 aromatic rings. The first-order valence-electron chi connectivity index (χ1n) is 9.04. The maximum Gasteiger partial charge on any atom is 0.123 e. The summed E-state index contributed by atoms with van der Waals surface area (Å²) in [4.78, 5) is 0. The van der Waals surface area contributed by atoms with Gasteiger partial charge >= 0.3 is 0 Å². The highest BCUT2D eigenvalue weighted by Gasteiger charge is 2.15. The molecule has 0 spiro atoms. The van der Waals surface area contributed by atoms with Crippen molar-refractivity contribution in [2.24, 2.45) is 5.73 Å². The van der Waals surface area contributed by atoms with Crippen LogP contribution in [0.15, 0.2) is 78.9 Å². The Kier molecular flexibility index (Phi) is 6.47. The van der Waals surface area contributed by atoms with Gasteiger partial charge in [-0.15, -0.1) is 0 Å². The quantitative estimate of drug-likeness (QED) is 0.629. The Hall–Kier alpha value is -2.82. The molecule has 0 radical (unpaired) electrons. The predicted octanol–water partition coefficient (Wildman–Crippen LogP) is 4.23. The Balaban J connectivity index is 1.77. The number of aliphatic hydroxyl groups excluding tert-OH is 1. The number of rotatable bonds is 8. The Labute approximate surface area is 160 Å². The molecule has 4 heteroatoms. The van der Waals surface area contributed by atoms with Crippen molar-refractivity contribution in [3.8, 4) is 11.5 Å². The summed E-state index contributed by atoms with van der Waals surface area (Å²) in [5, 5.41) is 10.4. The van der Waals surface area contributed by atoms with Crippen molar-refractivity contribution in [2.45, 2.75) is 32.3 Å². The molecule has 3 aromatic carbocycles. The van der Waals surface area contributed by atoms with E-state index in [4.69, 9.17) is 15.2 Å². The molecule has 0 bridgehead atoms. The molecule has 3 rings (SSSR count). The van der Waals surface area contributed by atoms with Crippen molar-refractivity contribution >= 4 is 0 Å². The number of benzene rings is 3. The summed E-state index contributed by atoms with van der Waals surface area (Å²) >= 11 is 0. The van der Waals surface area contributed by atoms with Gasteiger partial charge in [0.25, 0.3) is 0 Å². The summed E-state index contributed by atoms with van der Waals surface area (Å²) in [6, 6.07) is 24.9. The van der Waals surface area contributed by atoms with Gasteiger partial charge in [-0.05, 0) is 35.7 Å². The normalized spacial score (nSPS) is 13.0. The Morgan fingerprint density at radius 3 is 1.63 bits per heavy atom.